The molecule has 0 bridgehead atoms. The van der Waals surface area contributed by atoms with Gasteiger partial charge < -0.3 is 4.90 Å². The molecule has 3 nitrogen and oxygen atoms in total. The zero-order chi connectivity index (χ0) is 14.0. The number of hydrogen-bond donors (Lipinski definition) is 0. The summed E-state index contributed by atoms with van der Waals surface area (Å²) in [6.07, 6.45) is 0.508. The van der Waals surface area contributed by atoms with E-state index in [0.29, 0.717) is 30.4 Å². The van der Waals surface area contributed by atoms with E-state index in [1.54, 1.807) is 11.0 Å². The Morgan fingerprint density at radius 1 is 1.47 bits per heavy atom. The molecule has 1 amide bonds. The first-order valence-corrected chi connectivity index (χ1v) is 6.54. The molecule has 2 rings (SSSR count). The van der Waals surface area contributed by atoms with Crippen molar-refractivity contribution in [1.82, 2.24) is 4.90 Å². The van der Waals surface area contributed by atoms with E-state index in [2.05, 4.69) is 13.8 Å². The molecule has 1 unspecified atom stereocenters. The zero-order valence-electron chi connectivity index (χ0n) is 11.2. The first-order valence-electron chi connectivity index (χ1n) is 6.54. The topological polar surface area (TPSA) is 37.4 Å². The monoisotopic (exact) mass is 263 g/mol. The summed E-state index contributed by atoms with van der Waals surface area (Å²) in [6.45, 7) is 4.83. The highest BCUT2D eigenvalue weighted by Crippen LogP contribution is 2.24. The van der Waals surface area contributed by atoms with E-state index < -0.39 is 5.82 Å². The molecule has 1 heterocycles. The smallest absolute Gasteiger partial charge is 0.223 e. The van der Waals surface area contributed by atoms with Crippen molar-refractivity contribution in [2.75, 3.05) is 13.1 Å². The Morgan fingerprint density at radius 2 is 2.21 bits per heavy atom. The summed E-state index contributed by atoms with van der Waals surface area (Å²) in [5.41, 5.74) is 0.320. The predicted molar refractivity (Wildman–Crippen MR) is 70.3 cm³/mol. The number of benzene rings is 1. The Balaban J connectivity index is 2.02. The van der Waals surface area contributed by atoms with Gasteiger partial charge in [-0.05, 0) is 24.0 Å². The van der Waals surface area contributed by atoms with Gasteiger partial charge in [0.15, 0.2) is 5.78 Å². The number of rotatable bonds is 4. The summed E-state index contributed by atoms with van der Waals surface area (Å²) in [7, 11) is 0. The fourth-order valence-corrected chi connectivity index (χ4v) is 2.33. The molecule has 0 N–H and O–H groups in total. The van der Waals surface area contributed by atoms with Crippen LogP contribution < -0.4 is 0 Å². The quantitative estimate of drug-likeness (QED) is 0.783. The molecular formula is C15H18FNO2. The predicted octanol–water partition coefficient (Wildman–Crippen LogP) is 2.51. The van der Waals surface area contributed by atoms with E-state index in [1.165, 1.54) is 18.2 Å². The van der Waals surface area contributed by atoms with E-state index in [1.807, 2.05) is 0 Å². The van der Waals surface area contributed by atoms with Crippen LogP contribution in [-0.4, -0.2) is 29.7 Å². The Morgan fingerprint density at radius 3 is 2.79 bits per heavy atom. The van der Waals surface area contributed by atoms with Gasteiger partial charge in [0.1, 0.15) is 5.82 Å². The maximum Gasteiger partial charge on any atom is 0.223 e. The van der Waals surface area contributed by atoms with Crippen molar-refractivity contribution in [2.24, 2.45) is 11.8 Å². The highest BCUT2D eigenvalue weighted by atomic mass is 19.1. The van der Waals surface area contributed by atoms with Crippen LogP contribution in [0.15, 0.2) is 24.3 Å². The number of amides is 1. The third kappa shape index (κ3) is 3.19. The summed E-state index contributed by atoms with van der Waals surface area (Å²) >= 11 is 0. The lowest BCUT2D eigenvalue weighted by Crippen LogP contribution is -2.31. The number of nitrogens with zero attached hydrogens (tertiary/aromatic N) is 1. The van der Waals surface area contributed by atoms with Crippen molar-refractivity contribution in [3.63, 3.8) is 0 Å². The third-order valence-corrected chi connectivity index (χ3v) is 3.67. The van der Waals surface area contributed by atoms with Crippen molar-refractivity contribution in [2.45, 2.75) is 20.3 Å². The number of carbonyl (C=O) groups is 2. The molecular weight excluding hydrogens is 245 g/mol. The highest BCUT2D eigenvalue weighted by Gasteiger charge is 2.32. The maximum atomic E-state index is 13.1. The van der Waals surface area contributed by atoms with Crippen molar-refractivity contribution in [3.8, 4) is 0 Å². The van der Waals surface area contributed by atoms with Crippen molar-refractivity contribution >= 4 is 11.7 Å². The van der Waals surface area contributed by atoms with Gasteiger partial charge in [0, 0.05) is 18.5 Å². The molecule has 1 saturated heterocycles. The number of likely N-dealkylation sites (tertiary alicyclic amines) is 1. The Hall–Kier alpha value is -1.71. The minimum Gasteiger partial charge on any atom is -0.335 e. The Bertz CT molecular complexity index is 499. The number of halogens is 1. The zero-order valence-corrected chi connectivity index (χ0v) is 11.2. The summed E-state index contributed by atoms with van der Waals surface area (Å²) in [4.78, 5) is 25.4. The number of hydrogen-bond acceptors (Lipinski definition) is 2. The molecule has 0 saturated carbocycles. The van der Waals surface area contributed by atoms with Gasteiger partial charge in [-0.3, -0.25) is 9.59 Å². The summed E-state index contributed by atoms with van der Waals surface area (Å²) in [5, 5.41) is 0. The van der Waals surface area contributed by atoms with E-state index >= 15 is 0 Å². The third-order valence-electron chi connectivity index (χ3n) is 3.67. The molecule has 0 radical (unpaired) electrons. The highest BCUT2D eigenvalue weighted by molar-refractivity contribution is 5.99. The van der Waals surface area contributed by atoms with Gasteiger partial charge in [-0.25, -0.2) is 4.39 Å². The summed E-state index contributed by atoms with van der Waals surface area (Å²) in [5.74, 6) is 0.116. The lowest BCUT2D eigenvalue weighted by Gasteiger charge is -2.17. The lowest BCUT2D eigenvalue weighted by atomic mass is 9.95. The lowest BCUT2D eigenvalue weighted by molar-refractivity contribution is -0.127. The van der Waals surface area contributed by atoms with Crippen molar-refractivity contribution in [1.29, 1.82) is 0 Å². The minimum absolute atomic E-state index is 0.0171. The van der Waals surface area contributed by atoms with E-state index in [0.717, 1.165) is 0 Å². The second-order valence-electron chi connectivity index (χ2n) is 5.42. The van der Waals surface area contributed by atoms with Gasteiger partial charge >= 0.3 is 0 Å². The van der Waals surface area contributed by atoms with E-state index in [4.69, 9.17) is 0 Å². The summed E-state index contributed by atoms with van der Waals surface area (Å²) < 4.78 is 13.1. The SMILES string of the molecule is CC(C)C1CC(=O)N(CC(=O)c2cccc(F)c2)C1. The second-order valence-corrected chi connectivity index (χ2v) is 5.42. The Labute approximate surface area is 112 Å². The molecule has 1 aromatic carbocycles. The van der Waals surface area contributed by atoms with Crippen LogP contribution >= 0.6 is 0 Å². The number of carbonyl (C=O) groups excluding carboxylic acids is 2. The molecule has 19 heavy (non-hydrogen) atoms. The van der Waals surface area contributed by atoms with Gasteiger partial charge in [0.05, 0.1) is 6.54 Å². The summed E-state index contributed by atoms with van der Waals surface area (Å²) in [6, 6.07) is 5.59. The van der Waals surface area contributed by atoms with Crippen LogP contribution in [0.25, 0.3) is 0 Å². The molecule has 4 heteroatoms. The fourth-order valence-electron chi connectivity index (χ4n) is 2.33. The second kappa shape index (κ2) is 5.51. The van der Waals surface area contributed by atoms with Crippen LogP contribution in [0.3, 0.4) is 0 Å². The molecule has 102 valence electrons. The fraction of sp³-hybridized carbons (Fsp3) is 0.467. The van der Waals surface area contributed by atoms with Crippen molar-refractivity contribution in [3.05, 3.63) is 35.6 Å². The van der Waals surface area contributed by atoms with Crippen LogP contribution in [0, 0.1) is 17.7 Å². The van der Waals surface area contributed by atoms with E-state index in [-0.39, 0.29) is 18.2 Å². The van der Waals surface area contributed by atoms with Crippen LogP contribution in [-0.2, 0) is 4.79 Å². The van der Waals surface area contributed by atoms with Crippen LogP contribution in [0.1, 0.15) is 30.6 Å². The van der Waals surface area contributed by atoms with Gasteiger partial charge in [-0.15, -0.1) is 0 Å². The largest absolute Gasteiger partial charge is 0.335 e. The van der Waals surface area contributed by atoms with Gasteiger partial charge in [0.25, 0.3) is 0 Å². The maximum absolute atomic E-state index is 13.1. The number of Topliss-reactive ketones (excluding diaryl/α,β-unsaturated/α-hetero) is 1. The average molecular weight is 263 g/mol. The number of ketones is 1. The van der Waals surface area contributed by atoms with Crippen molar-refractivity contribution < 1.29 is 14.0 Å². The molecule has 1 fully saturated rings. The average Bonchev–Trinajstić information content (AvgIpc) is 2.71. The molecule has 0 spiro atoms. The molecule has 1 aromatic rings. The normalized spacial score (nSPS) is 19.3. The first-order chi connectivity index (χ1) is 8.97. The first kappa shape index (κ1) is 13.7. The van der Waals surface area contributed by atoms with Gasteiger partial charge in [-0.1, -0.05) is 26.0 Å². The molecule has 1 aliphatic rings. The van der Waals surface area contributed by atoms with Crippen LogP contribution in [0.2, 0.25) is 0 Å². The van der Waals surface area contributed by atoms with E-state index in [9.17, 15) is 14.0 Å². The molecule has 1 aliphatic heterocycles. The standard InChI is InChI=1S/C15H18FNO2/c1-10(2)12-7-15(19)17(8-12)9-14(18)11-4-3-5-13(16)6-11/h3-6,10,12H,7-9H2,1-2H3. The molecule has 0 aromatic heterocycles. The van der Waals surface area contributed by atoms with Gasteiger partial charge in [-0.2, -0.15) is 0 Å². The molecule has 1 atom stereocenters. The molecule has 0 aliphatic carbocycles. The minimum atomic E-state index is -0.432. The van der Waals surface area contributed by atoms with Crippen LogP contribution in [0.4, 0.5) is 4.39 Å². The van der Waals surface area contributed by atoms with Crippen LogP contribution in [0.5, 0.6) is 0 Å². The Kier molecular flexibility index (Phi) is 3.98. The van der Waals surface area contributed by atoms with Gasteiger partial charge in [0.2, 0.25) is 5.91 Å².